The van der Waals surface area contributed by atoms with E-state index in [-0.39, 0.29) is 11.3 Å². The first-order valence-corrected chi connectivity index (χ1v) is 8.20. The number of ether oxygens (including phenoxy) is 3. The Morgan fingerprint density at radius 2 is 1.79 bits per heavy atom. The van der Waals surface area contributed by atoms with Crippen LogP contribution < -0.4 is 9.47 Å². The third-order valence-corrected chi connectivity index (χ3v) is 3.89. The van der Waals surface area contributed by atoms with Crippen LogP contribution in [0.25, 0.3) is 6.08 Å². The molecule has 0 radical (unpaired) electrons. The number of hydrogen-bond donors (Lipinski definition) is 0. The predicted octanol–water partition coefficient (Wildman–Crippen LogP) is 3.36. The predicted molar refractivity (Wildman–Crippen MR) is 102 cm³/mol. The number of nitro groups is 1. The standard InChI is InChI=1S/C20H19NO7/c1-13-4-7-15(11-16(13)21(24)25)17(22)12-28-20(23)9-6-14-5-8-18(26-2)19(10-14)27-3/h4-11H,12H2,1-3H3/b9-6+. The molecule has 2 rings (SSSR count). The van der Waals surface area contributed by atoms with Gasteiger partial charge in [0.15, 0.2) is 18.1 Å². The lowest BCUT2D eigenvalue weighted by molar-refractivity contribution is -0.385. The van der Waals surface area contributed by atoms with Gasteiger partial charge in [-0.05, 0) is 30.7 Å². The summed E-state index contributed by atoms with van der Waals surface area (Å²) >= 11 is 0. The van der Waals surface area contributed by atoms with Gasteiger partial charge in [-0.1, -0.05) is 18.2 Å². The molecule has 28 heavy (non-hydrogen) atoms. The molecule has 0 N–H and O–H groups in total. The zero-order valence-electron chi connectivity index (χ0n) is 15.6. The summed E-state index contributed by atoms with van der Waals surface area (Å²) < 4.78 is 15.2. The molecule has 0 bridgehead atoms. The topological polar surface area (TPSA) is 105 Å². The van der Waals surface area contributed by atoms with E-state index in [9.17, 15) is 19.7 Å². The number of nitrogens with zero attached hydrogens (tertiary/aromatic N) is 1. The van der Waals surface area contributed by atoms with Gasteiger partial charge in [-0.25, -0.2) is 4.79 Å². The summed E-state index contributed by atoms with van der Waals surface area (Å²) in [6, 6.07) is 9.20. The van der Waals surface area contributed by atoms with Crippen LogP contribution in [0.2, 0.25) is 0 Å². The molecule has 0 aliphatic heterocycles. The Hall–Kier alpha value is -3.68. The van der Waals surface area contributed by atoms with Crippen LogP contribution in [0.15, 0.2) is 42.5 Å². The second-order valence-corrected chi connectivity index (χ2v) is 5.74. The molecule has 8 heteroatoms. The fourth-order valence-corrected chi connectivity index (χ4v) is 2.37. The van der Waals surface area contributed by atoms with Crippen LogP contribution in [0.4, 0.5) is 5.69 Å². The molecule has 0 saturated carbocycles. The molecule has 8 nitrogen and oxygen atoms in total. The van der Waals surface area contributed by atoms with Crippen LogP contribution in [0.5, 0.6) is 11.5 Å². The fraction of sp³-hybridized carbons (Fsp3) is 0.200. The summed E-state index contributed by atoms with van der Waals surface area (Å²) in [5, 5.41) is 11.0. The van der Waals surface area contributed by atoms with Gasteiger partial charge in [-0.2, -0.15) is 0 Å². The van der Waals surface area contributed by atoms with E-state index >= 15 is 0 Å². The average molecular weight is 385 g/mol. The van der Waals surface area contributed by atoms with Crippen molar-refractivity contribution in [3.63, 3.8) is 0 Å². The summed E-state index contributed by atoms with van der Waals surface area (Å²) in [6.07, 6.45) is 2.68. The van der Waals surface area contributed by atoms with E-state index in [2.05, 4.69) is 0 Å². The van der Waals surface area contributed by atoms with Gasteiger partial charge in [0.2, 0.25) is 5.78 Å². The normalized spacial score (nSPS) is 10.5. The summed E-state index contributed by atoms with van der Waals surface area (Å²) in [5.41, 5.74) is 1.06. The van der Waals surface area contributed by atoms with Gasteiger partial charge in [0.25, 0.3) is 5.69 Å². The van der Waals surface area contributed by atoms with Gasteiger partial charge in [0.05, 0.1) is 19.1 Å². The molecule has 146 valence electrons. The molecule has 0 fully saturated rings. The van der Waals surface area contributed by atoms with Crippen molar-refractivity contribution in [2.45, 2.75) is 6.92 Å². The Morgan fingerprint density at radius 1 is 1.07 bits per heavy atom. The number of esters is 1. The van der Waals surface area contributed by atoms with E-state index in [0.717, 1.165) is 0 Å². The number of methoxy groups -OCH3 is 2. The first kappa shape index (κ1) is 20.6. The van der Waals surface area contributed by atoms with Gasteiger partial charge in [-0.15, -0.1) is 0 Å². The summed E-state index contributed by atoms with van der Waals surface area (Å²) in [6.45, 7) is 1.06. The van der Waals surface area contributed by atoms with Crippen molar-refractivity contribution in [2.75, 3.05) is 20.8 Å². The molecule has 2 aromatic rings. The van der Waals surface area contributed by atoms with Crippen molar-refractivity contribution >= 4 is 23.5 Å². The third-order valence-electron chi connectivity index (χ3n) is 3.89. The molecule has 0 aliphatic carbocycles. The molecule has 0 spiro atoms. The maximum absolute atomic E-state index is 12.1. The first-order valence-electron chi connectivity index (χ1n) is 8.20. The van der Waals surface area contributed by atoms with Crippen LogP contribution in [0, 0.1) is 17.0 Å². The minimum Gasteiger partial charge on any atom is -0.493 e. The lowest BCUT2D eigenvalue weighted by Crippen LogP contribution is -2.13. The van der Waals surface area contributed by atoms with E-state index in [1.807, 2.05) is 0 Å². The number of carbonyl (C=O) groups is 2. The van der Waals surface area contributed by atoms with E-state index in [1.54, 1.807) is 25.1 Å². The van der Waals surface area contributed by atoms with Gasteiger partial charge in [0, 0.05) is 23.3 Å². The number of carbonyl (C=O) groups excluding carboxylic acids is 2. The number of rotatable bonds is 8. The Labute approximate surface area is 161 Å². The highest BCUT2D eigenvalue weighted by Gasteiger charge is 2.16. The van der Waals surface area contributed by atoms with Crippen LogP contribution in [0.1, 0.15) is 21.5 Å². The molecule has 0 amide bonds. The molecule has 0 saturated heterocycles. The average Bonchev–Trinajstić information content (AvgIpc) is 2.70. The molecule has 0 atom stereocenters. The molecular formula is C20H19NO7. The minimum atomic E-state index is -0.718. The van der Waals surface area contributed by atoms with Crippen molar-refractivity contribution in [1.29, 1.82) is 0 Å². The summed E-state index contributed by atoms with van der Waals surface area (Å²) in [4.78, 5) is 34.3. The number of Topliss-reactive ketones (excluding diaryl/α,β-unsaturated/α-hetero) is 1. The number of benzene rings is 2. The lowest BCUT2D eigenvalue weighted by Gasteiger charge is -2.07. The highest BCUT2D eigenvalue weighted by Crippen LogP contribution is 2.28. The number of ketones is 1. The summed E-state index contributed by atoms with van der Waals surface area (Å²) in [5.74, 6) is -0.185. The van der Waals surface area contributed by atoms with Gasteiger partial charge in [-0.3, -0.25) is 14.9 Å². The van der Waals surface area contributed by atoms with Gasteiger partial charge in [0.1, 0.15) is 0 Å². The number of aryl methyl sites for hydroxylation is 1. The van der Waals surface area contributed by atoms with Crippen molar-refractivity contribution in [2.24, 2.45) is 0 Å². The molecule has 0 aliphatic rings. The highest BCUT2D eigenvalue weighted by atomic mass is 16.6. The summed E-state index contributed by atoms with van der Waals surface area (Å²) in [7, 11) is 3.02. The van der Waals surface area contributed by atoms with E-state index < -0.39 is 23.3 Å². The van der Waals surface area contributed by atoms with E-state index in [4.69, 9.17) is 14.2 Å². The maximum atomic E-state index is 12.1. The monoisotopic (exact) mass is 385 g/mol. The SMILES string of the molecule is COc1ccc(/C=C/C(=O)OCC(=O)c2ccc(C)c([N+](=O)[O-])c2)cc1OC. The number of hydrogen-bond acceptors (Lipinski definition) is 7. The van der Waals surface area contributed by atoms with Crippen LogP contribution in [-0.2, 0) is 9.53 Å². The molecule has 0 unspecified atom stereocenters. The van der Waals surface area contributed by atoms with E-state index in [1.165, 1.54) is 44.6 Å². The number of nitro benzene ring substituents is 1. The first-order chi connectivity index (χ1) is 13.3. The quantitative estimate of drug-likeness (QED) is 0.225. The van der Waals surface area contributed by atoms with E-state index in [0.29, 0.717) is 22.6 Å². The van der Waals surface area contributed by atoms with Crippen LogP contribution in [0.3, 0.4) is 0 Å². The smallest absolute Gasteiger partial charge is 0.331 e. The Kier molecular flexibility index (Phi) is 6.86. The zero-order valence-corrected chi connectivity index (χ0v) is 15.6. The zero-order chi connectivity index (χ0) is 20.7. The van der Waals surface area contributed by atoms with Crippen molar-refractivity contribution in [3.8, 4) is 11.5 Å². The van der Waals surface area contributed by atoms with Crippen molar-refractivity contribution < 1.29 is 28.7 Å². The van der Waals surface area contributed by atoms with Crippen molar-refractivity contribution in [3.05, 3.63) is 69.3 Å². The minimum absolute atomic E-state index is 0.106. The third kappa shape index (κ3) is 5.16. The highest BCUT2D eigenvalue weighted by molar-refractivity contribution is 5.99. The van der Waals surface area contributed by atoms with Crippen LogP contribution in [-0.4, -0.2) is 37.5 Å². The Bertz CT molecular complexity index is 934. The second kappa shape index (κ2) is 9.31. The van der Waals surface area contributed by atoms with Gasteiger partial charge < -0.3 is 14.2 Å². The molecule has 0 heterocycles. The molecule has 2 aromatic carbocycles. The Balaban J connectivity index is 1.98. The maximum Gasteiger partial charge on any atom is 0.331 e. The van der Waals surface area contributed by atoms with Crippen molar-refractivity contribution in [1.82, 2.24) is 0 Å². The van der Waals surface area contributed by atoms with Crippen LogP contribution >= 0.6 is 0 Å². The Morgan fingerprint density at radius 3 is 2.43 bits per heavy atom. The lowest BCUT2D eigenvalue weighted by atomic mass is 10.1. The molecule has 0 aromatic heterocycles. The second-order valence-electron chi connectivity index (χ2n) is 5.74. The van der Waals surface area contributed by atoms with Gasteiger partial charge >= 0.3 is 5.97 Å². The molecular weight excluding hydrogens is 366 g/mol. The largest absolute Gasteiger partial charge is 0.493 e. The fourth-order valence-electron chi connectivity index (χ4n) is 2.37.